The zero-order chi connectivity index (χ0) is 20.1. The Labute approximate surface area is 170 Å². The van der Waals surface area contributed by atoms with Crippen LogP contribution in [0.3, 0.4) is 0 Å². The molecule has 0 aliphatic rings. The third-order valence-corrected chi connectivity index (χ3v) is 5.27. The van der Waals surface area contributed by atoms with Crippen LogP contribution in [-0.2, 0) is 10.2 Å². The van der Waals surface area contributed by atoms with Gasteiger partial charge < -0.3 is 9.47 Å². The van der Waals surface area contributed by atoms with E-state index in [2.05, 4.69) is 0 Å². The number of para-hydroxylation sites is 1. The van der Waals surface area contributed by atoms with Crippen molar-refractivity contribution >= 4 is 17.6 Å². The number of halogens is 1. The molecular weight excluding hydrogens is 372 g/mol. The third kappa shape index (κ3) is 4.37. The molecule has 0 aromatic heterocycles. The van der Waals surface area contributed by atoms with Crippen molar-refractivity contribution in [3.05, 3.63) is 89.4 Å². The van der Waals surface area contributed by atoms with Gasteiger partial charge in [-0.05, 0) is 54.8 Å². The van der Waals surface area contributed by atoms with Gasteiger partial charge in [0, 0.05) is 11.1 Å². The van der Waals surface area contributed by atoms with Gasteiger partial charge in [0.1, 0.15) is 17.2 Å². The summed E-state index contributed by atoms with van der Waals surface area (Å²) >= 11 is 6.00. The first-order valence-electron chi connectivity index (χ1n) is 9.21. The van der Waals surface area contributed by atoms with E-state index in [1.807, 2.05) is 69.3 Å². The van der Waals surface area contributed by atoms with Gasteiger partial charge in [0.05, 0.1) is 5.41 Å². The maximum absolute atomic E-state index is 13.1. The molecule has 0 saturated heterocycles. The molecule has 0 fully saturated rings. The van der Waals surface area contributed by atoms with Crippen LogP contribution in [-0.4, -0.2) is 5.97 Å². The minimum Gasteiger partial charge on any atom is -0.457 e. The Morgan fingerprint density at radius 3 is 2.11 bits per heavy atom. The maximum atomic E-state index is 13.1. The van der Waals surface area contributed by atoms with E-state index in [0.29, 0.717) is 16.5 Å². The first-order valence-corrected chi connectivity index (χ1v) is 9.58. The van der Waals surface area contributed by atoms with Crippen molar-refractivity contribution < 1.29 is 14.3 Å². The molecular formula is C24H23ClO3. The Balaban J connectivity index is 1.82. The molecule has 4 heteroatoms. The molecule has 0 aliphatic carbocycles. The van der Waals surface area contributed by atoms with Crippen LogP contribution in [0, 0.1) is 5.92 Å². The van der Waals surface area contributed by atoms with Gasteiger partial charge in [0.25, 0.3) is 0 Å². The van der Waals surface area contributed by atoms with E-state index in [4.69, 9.17) is 21.1 Å². The van der Waals surface area contributed by atoms with Crippen LogP contribution in [0.25, 0.3) is 0 Å². The predicted octanol–water partition coefficient (Wildman–Crippen LogP) is 6.65. The van der Waals surface area contributed by atoms with Gasteiger partial charge in [0.2, 0.25) is 0 Å². The molecule has 0 radical (unpaired) electrons. The highest BCUT2D eigenvalue weighted by Gasteiger charge is 2.40. The summed E-state index contributed by atoms with van der Waals surface area (Å²) in [5, 5.41) is 0.633. The van der Waals surface area contributed by atoms with Crippen molar-refractivity contribution in [2.75, 3.05) is 0 Å². The van der Waals surface area contributed by atoms with E-state index < -0.39 is 5.41 Å². The average molecular weight is 395 g/mol. The van der Waals surface area contributed by atoms with E-state index in [9.17, 15) is 4.79 Å². The Hall–Kier alpha value is -2.78. The van der Waals surface area contributed by atoms with Crippen molar-refractivity contribution in [2.45, 2.75) is 26.2 Å². The standard InChI is InChI=1S/C24H23ClO3/c1-17(2)24(3,18-12-14-19(25)15-13-18)23(26)28-22-11-7-10-21(16-22)27-20-8-5-4-6-9-20/h4-17H,1-3H3. The van der Waals surface area contributed by atoms with Crippen molar-refractivity contribution in [3.8, 4) is 17.2 Å². The topological polar surface area (TPSA) is 35.5 Å². The van der Waals surface area contributed by atoms with Crippen LogP contribution in [0.15, 0.2) is 78.9 Å². The summed E-state index contributed by atoms with van der Waals surface area (Å²) in [7, 11) is 0. The molecule has 28 heavy (non-hydrogen) atoms. The molecule has 0 amide bonds. The molecule has 3 nitrogen and oxygen atoms in total. The Morgan fingerprint density at radius 1 is 0.857 bits per heavy atom. The second kappa shape index (κ2) is 8.49. The number of carbonyl (C=O) groups excluding carboxylic acids is 1. The monoisotopic (exact) mass is 394 g/mol. The van der Waals surface area contributed by atoms with Gasteiger partial charge in [-0.2, -0.15) is 0 Å². The number of rotatable bonds is 6. The SMILES string of the molecule is CC(C)C(C)(C(=O)Oc1cccc(Oc2ccccc2)c1)c1ccc(Cl)cc1. The third-order valence-electron chi connectivity index (χ3n) is 5.02. The molecule has 0 N–H and O–H groups in total. The van der Waals surface area contributed by atoms with Crippen LogP contribution >= 0.6 is 11.6 Å². The van der Waals surface area contributed by atoms with Crippen LogP contribution in [0.1, 0.15) is 26.3 Å². The zero-order valence-electron chi connectivity index (χ0n) is 16.2. The molecule has 3 aromatic carbocycles. The van der Waals surface area contributed by atoms with E-state index in [1.54, 1.807) is 30.3 Å². The normalized spacial score (nSPS) is 13.0. The fourth-order valence-electron chi connectivity index (χ4n) is 2.92. The van der Waals surface area contributed by atoms with Gasteiger partial charge in [-0.3, -0.25) is 4.79 Å². The van der Waals surface area contributed by atoms with Gasteiger partial charge in [0.15, 0.2) is 0 Å². The summed E-state index contributed by atoms with van der Waals surface area (Å²) in [4.78, 5) is 13.1. The number of esters is 1. The largest absolute Gasteiger partial charge is 0.457 e. The molecule has 1 unspecified atom stereocenters. The Bertz CT molecular complexity index is 936. The fraction of sp³-hybridized carbons (Fsp3) is 0.208. The molecule has 1 atom stereocenters. The summed E-state index contributed by atoms with van der Waals surface area (Å²) < 4.78 is 11.6. The number of hydrogen-bond acceptors (Lipinski definition) is 3. The summed E-state index contributed by atoms with van der Waals surface area (Å²) in [6.45, 7) is 5.91. The second-order valence-electron chi connectivity index (χ2n) is 7.14. The highest BCUT2D eigenvalue weighted by Crippen LogP contribution is 2.35. The van der Waals surface area contributed by atoms with Crippen LogP contribution in [0.5, 0.6) is 17.2 Å². The second-order valence-corrected chi connectivity index (χ2v) is 7.58. The van der Waals surface area contributed by atoms with Crippen LogP contribution in [0.4, 0.5) is 0 Å². The first kappa shape index (κ1) is 20.0. The van der Waals surface area contributed by atoms with Crippen LogP contribution in [0.2, 0.25) is 5.02 Å². The molecule has 0 bridgehead atoms. The van der Waals surface area contributed by atoms with Gasteiger partial charge in [-0.15, -0.1) is 0 Å². The minimum absolute atomic E-state index is 0.0323. The summed E-state index contributed by atoms with van der Waals surface area (Å²) in [5.74, 6) is 1.49. The molecule has 0 heterocycles. The van der Waals surface area contributed by atoms with Crippen molar-refractivity contribution in [3.63, 3.8) is 0 Å². The smallest absolute Gasteiger partial charge is 0.321 e. The van der Waals surface area contributed by atoms with Crippen molar-refractivity contribution in [1.29, 1.82) is 0 Å². The quantitative estimate of drug-likeness (QED) is 0.346. The summed E-state index contributed by atoms with van der Waals surface area (Å²) in [6.07, 6.45) is 0. The molecule has 144 valence electrons. The summed E-state index contributed by atoms with van der Waals surface area (Å²) in [5.41, 5.74) is 0.0644. The van der Waals surface area contributed by atoms with E-state index in [-0.39, 0.29) is 11.9 Å². The lowest BCUT2D eigenvalue weighted by Crippen LogP contribution is -2.41. The molecule has 3 rings (SSSR count). The van der Waals surface area contributed by atoms with Crippen molar-refractivity contribution in [1.82, 2.24) is 0 Å². The first-order chi connectivity index (χ1) is 13.4. The van der Waals surface area contributed by atoms with E-state index in [1.165, 1.54) is 0 Å². The van der Waals surface area contributed by atoms with E-state index in [0.717, 1.165) is 11.3 Å². The Kier molecular flexibility index (Phi) is 6.05. The lowest BCUT2D eigenvalue weighted by atomic mass is 9.73. The number of carbonyl (C=O) groups is 1. The minimum atomic E-state index is -0.805. The molecule has 0 aliphatic heterocycles. The predicted molar refractivity (Wildman–Crippen MR) is 112 cm³/mol. The van der Waals surface area contributed by atoms with E-state index >= 15 is 0 Å². The molecule has 0 saturated carbocycles. The average Bonchev–Trinajstić information content (AvgIpc) is 2.68. The highest BCUT2D eigenvalue weighted by molar-refractivity contribution is 6.30. The number of benzene rings is 3. The van der Waals surface area contributed by atoms with Gasteiger partial charge in [-0.1, -0.05) is 61.8 Å². The van der Waals surface area contributed by atoms with Gasteiger partial charge >= 0.3 is 5.97 Å². The van der Waals surface area contributed by atoms with Gasteiger partial charge in [-0.25, -0.2) is 0 Å². The molecule has 0 spiro atoms. The Morgan fingerprint density at radius 2 is 1.46 bits per heavy atom. The maximum Gasteiger partial charge on any atom is 0.321 e. The summed E-state index contributed by atoms with van der Waals surface area (Å²) in [6, 6.07) is 23.9. The zero-order valence-corrected chi connectivity index (χ0v) is 16.9. The number of hydrogen-bond donors (Lipinski definition) is 0. The fourth-order valence-corrected chi connectivity index (χ4v) is 3.05. The number of ether oxygens (including phenoxy) is 2. The van der Waals surface area contributed by atoms with Crippen LogP contribution < -0.4 is 9.47 Å². The lowest BCUT2D eigenvalue weighted by Gasteiger charge is -2.31. The highest BCUT2D eigenvalue weighted by atomic mass is 35.5. The molecule has 3 aromatic rings. The lowest BCUT2D eigenvalue weighted by molar-refractivity contribution is -0.142. The van der Waals surface area contributed by atoms with Crippen molar-refractivity contribution in [2.24, 2.45) is 5.92 Å².